The van der Waals surface area contributed by atoms with Crippen molar-refractivity contribution in [1.29, 1.82) is 0 Å². The number of hydrogen-bond donors (Lipinski definition) is 1. The first-order valence-electron chi connectivity index (χ1n) is 8.75. The van der Waals surface area contributed by atoms with Crippen LogP contribution >= 0.6 is 23.2 Å². The third-order valence-electron chi connectivity index (χ3n) is 3.71. The summed E-state index contributed by atoms with van der Waals surface area (Å²) in [6, 6.07) is 9.73. The molecule has 2 aromatic rings. The van der Waals surface area contributed by atoms with Crippen molar-refractivity contribution in [3.8, 4) is 11.5 Å². The van der Waals surface area contributed by atoms with Crippen LogP contribution in [0.5, 0.6) is 11.5 Å². The van der Waals surface area contributed by atoms with Crippen molar-refractivity contribution in [3.63, 3.8) is 0 Å². The van der Waals surface area contributed by atoms with Gasteiger partial charge in [0.1, 0.15) is 0 Å². The van der Waals surface area contributed by atoms with Gasteiger partial charge in [0.15, 0.2) is 11.5 Å². The topological polar surface area (TPSA) is 67.9 Å². The highest BCUT2D eigenvalue weighted by molar-refractivity contribution is 6.35. The number of anilines is 1. The molecule has 1 N–H and O–H groups in total. The Morgan fingerprint density at radius 1 is 1.00 bits per heavy atom. The number of likely N-dealkylation sites (N-methyl/N-ethyl adjacent to an activating group) is 1. The molecule has 0 saturated carbocycles. The molecule has 0 aliphatic rings. The van der Waals surface area contributed by atoms with Gasteiger partial charge in [0.05, 0.1) is 30.3 Å². The van der Waals surface area contributed by atoms with Crippen molar-refractivity contribution in [2.24, 2.45) is 0 Å². The first-order chi connectivity index (χ1) is 13.3. The maximum absolute atomic E-state index is 12.5. The van der Waals surface area contributed by atoms with Crippen LogP contribution in [0.4, 0.5) is 5.69 Å². The number of halogens is 2. The molecule has 0 unspecified atom stereocenters. The number of carbonyl (C=O) groups excluding carboxylic acids is 2. The fraction of sp³-hybridized carbons (Fsp3) is 0.300. The van der Waals surface area contributed by atoms with Crippen LogP contribution in [0.3, 0.4) is 0 Å². The summed E-state index contributed by atoms with van der Waals surface area (Å²) in [6.45, 7) is 4.56. The van der Waals surface area contributed by atoms with E-state index >= 15 is 0 Å². The van der Waals surface area contributed by atoms with E-state index in [2.05, 4.69) is 5.32 Å². The number of benzene rings is 2. The molecule has 0 aliphatic heterocycles. The molecule has 0 saturated heterocycles. The van der Waals surface area contributed by atoms with E-state index in [0.29, 0.717) is 35.4 Å². The monoisotopic (exact) mass is 424 g/mol. The number of amides is 2. The molecule has 0 aromatic heterocycles. The molecule has 0 heterocycles. The van der Waals surface area contributed by atoms with Crippen molar-refractivity contribution in [1.82, 2.24) is 4.90 Å². The molecule has 0 aliphatic carbocycles. The molecular formula is C20H22Cl2N2O4. The number of ether oxygens (including phenoxy) is 2. The number of carbonyl (C=O) groups is 2. The first kappa shape index (κ1) is 21.9. The predicted octanol–water partition coefficient (Wildman–Crippen LogP) is 4.50. The average Bonchev–Trinajstić information content (AvgIpc) is 2.65. The van der Waals surface area contributed by atoms with Gasteiger partial charge in [0.25, 0.3) is 5.91 Å². The highest BCUT2D eigenvalue weighted by Gasteiger charge is 2.18. The number of nitrogens with zero attached hydrogens (tertiary/aromatic N) is 1. The van der Waals surface area contributed by atoms with E-state index < -0.39 is 5.91 Å². The summed E-state index contributed by atoms with van der Waals surface area (Å²) < 4.78 is 11.0. The van der Waals surface area contributed by atoms with Crippen LogP contribution in [0.1, 0.15) is 24.2 Å². The van der Waals surface area contributed by atoms with E-state index in [-0.39, 0.29) is 23.0 Å². The van der Waals surface area contributed by atoms with E-state index in [1.54, 1.807) is 30.3 Å². The van der Waals surface area contributed by atoms with E-state index in [4.69, 9.17) is 32.7 Å². The van der Waals surface area contributed by atoms with Gasteiger partial charge >= 0.3 is 0 Å². The molecule has 28 heavy (non-hydrogen) atoms. The van der Waals surface area contributed by atoms with E-state index in [0.717, 1.165) is 0 Å². The van der Waals surface area contributed by atoms with Crippen molar-refractivity contribution in [2.45, 2.75) is 13.8 Å². The summed E-state index contributed by atoms with van der Waals surface area (Å²) in [7, 11) is 1.52. The van der Waals surface area contributed by atoms with E-state index in [1.807, 2.05) is 13.8 Å². The molecule has 2 rings (SSSR count). The van der Waals surface area contributed by atoms with Crippen LogP contribution in [-0.4, -0.2) is 43.5 Å². The van der Waals surface area contributed by atoms with E-state index in [9.17, 15) is 9.59 Å². The zero-order valence-corrected chi connectivity index (χ0v) is 17.4. The van der Waals surface area contributed by atoms with Gasteiger partial charge in [0, 0.05) is 23.8 Å². The summed E-state index contributed by atoms with van der Waals surface area (Å²) in [6.07, 6.45) is 0. The first-order valence-corrected chi connectivity index (χ1v) is 9.51. The Labute approximate surface area is 174 Å². The maximum Gasteiger partial charge on any atom is 0.255 e. The van der Waals surface area contributed by atoms with Gasteiger partial charge in [-0.05, 0) is 44.2 Å². The van der Waals surface area contributed by atoms with Gasteiger partial charge in [-0.1, -0.05) is 23.2 Å². The molecule has 150 valence electrons. The van der Waals surface area contributed by atoms with Crippen molar-refractivity contribution >= 4 is 40.7 Å². The fourth-order valence-corrected chi connectivity index (χ4v) is 2.85. The minimum Gasteiger partial charge on any atom is -0.490 e. The number of rotatable bonds is 8. The van der Waals surface area contributed by atoms with Crippen LogP contribution in [0.25, 0.3) is 0 Å². The standard InChI is InChI=1S/C20H22Cl2N2O4/c1-4-27-17-9-7-14(11-18(17)28-5-2)23-19(25)12-24(3)20(26)15-10-13(21)6-8-16(15)22/h6-11H,4-5,12H2,1-3H3,(H,23,25). The highest BCUT2D eigenvalue weighted by atomic mass is 35.5. The van der Waals surface area contributed by atoms with Gasteiger partial charge in [-0.3, -0.25) is 9.59 Å². The average molecular weight is 425 g/mol. The molecule has 0 bridgehead atoms. The molecule has 8 heteroatoms. The summed E-state index contributed by atoms with van der Waals surface area (Å²) in [4.78, 5) is 26.2. The molecule has 0 radical (unpaired) electrons. The lowest BCUT2D eigenvalue weighted by Gasteiger charge is -2.18. The quantitative estimate of drug-likeness (QED) is 0.676. The van der Waals surface area contributed by atoms with Crippen LogP contribution in [0.2, 0.25) is 10.0 Å². The molecule has 0 spiro atoms. The third-order valence-corrected chi connectivity index (χ3v) is 4.28. The Hall–Kier alpha value is -2.44. The van der Waals surface area contributed by atoms with Crippen molar-refractivity contribution in [3.05, 3.63) is 52.0 Å². The Morgan fingerprint density at radius 3 is 2.36 bits per heavy atom. The van der Waals surface area contributed by atoms with Gasteiger partial charge in [-0.25, -0.2) is 0 Å². The summed E-state index contributed by atoms with van der Waals surface area (Å²) in [5.74, 6) is 0.382. The normalized spacial score (nSPS) is 10.3. The predicted molar refractivity (Wildman–Crippen MR) is 111 cm³/mol. The second kappa shape index (κ2) is 10.2. The van der Waals surface area contributed by atoms with Crippen molar-refractivity contribution < 1.29 is 19.1 Å². The highest BCUT2D eigenvalue weighted by Crippen LogP contribution is 2.30. The van der Waals surface area contributed by atoms with Crippen LogP contribution in [0, 0.1) is 0 Å². The second-order valence-corrected chi connectivity index (χ2v) is 6.70. The van der Waals surface area contributed by atoms with E-state index in [1.165, 1.54) is 18.0 Å². The van der Waals surface area contributed by atoms with Crippen molar-refractivity contribution in [2.75, 3.05) is 32.1 Å². The Bertz CT molecular complexity index is 858. The van der Waals surface area contributed by atoms with Gasteiger partial charge in [-0.2, -0.15) is 0 Å². The molecule has 2 aromatic carbocycles. The Balaban J connectivity index is 2.05. The second-order valence-electron chi connectivity index (χ2n) is 5.86. The minimum atomic E-state index is -0.399. The van der Waals surface area contributed by atoms with Gasteiger partial charge < -0.3 is 19.7 Å². The Kier molecular flexibility index (Phi) is 7.96. The summed E-state index contributed by atoms with van der Waals surface area (Å²) in [5, 5.41) is 3.41. The summed E-state index contributed by atoms with van der Waals surface area (Å²) in [5.41, 5.74) is 0.780. The largest absolute Gasteiger partial charge is 0.490 e. The molecule has 0 fully saturated rings. The van der Waals surface area contributed by atoms with Crippen LogP contribution < -0.4 is 14.8 Å². The summed E-state index contributed by atoms with van der Waals surface area (Å²) >= 11 is 12.0. The molecule has 2 amide bonds. The fourth-order valence-electron chi connectivity index (χ4n) is 2.48. The molecule has 6 nitrogen and oxygen atoms in total. The van der Waals surface area contributed by atoms with Crippen LogP contribution in [0.15, 0.2) is 36.4 Å². The van der Waals surface area contributed by atoms with Crippen LogP contribution in [-0.2, 0) is 4.79 Å². The lowest BCUT2D eigenvalue weighted by Crippen LogP contribution is -2.35. The molecular weight excluding hydrogens is 403 g/mol. The SMILES string of the molecule is CCOc1ccc(NC(=O)CN(C)C(=O)c2cc(Cl)ccc2Cl)cc1OCC. The minimum absolute atomic E-state index is 0.154. The third kappa shape index (κ3) is 5.78. The van der Waals surface area contributed by atoms with Gasteiger partial charge in [0.2, 0.25) is 5.91 Å². The Morgan fingerprint density at radius 2 is 1.68 bits per heavy atom. The number of hydrogen-bond acceptors (Lipinski definition) is 4. The van der Waals surface area contributed by atoms with Gasteiger partial charge in [-0.15, -0.1) is 0 Å². The lowest BCUT2D eigenvalue weighted by atomic mass is 10.2. The zero-order valence-electron chi connectivity index (χ0n) is 15.9. The molecule has 0 atom stereocenters. The number of nitrogens with one attached hydrogen (secondary N) is 1. The smallest absolute Gasteiger partial charge is 0.255 e. The zero-order chi connectivity index (χ0) is 20.7. The lowest BCUT2D eigenvalue weighted by molar-refractivity contribution is -0.116. The maximum atomic E-state index is 12.5.